The Hall–Kier alpha value is -2.92. The van der Waals surface area contributed by atoms with Gasteiger partial charge in [0, 0.05) is 19.4 Å². The van der Waals surface area contributed by atoms with E-state index in [9.17, 15) is 9.59 Å². The highest BCUT2D eigenvalue weighted by molar-refractivity contribution is 5.70. The quantitative estimate of drug-likeness (QED) is 0.0345. The Morgan fingerprint density at radius 1 is 0.338 bits per heavy atom. The van der Waals surface area contributed by atoms with Gasteiger partial charge in [0.1, 0.15) is 6.61 Å². The summed E-state index contributed by atoms with van der Waals surface area (Å²) in [5.41, 5.74) is 0. The number of ether oxygens (including phenoxy) is 3. The largest absolute Gasteiger partial charge is 0.462 e. The van der Waals surface area contributed by atoms with E-state index in [1.807, 2.05) is 0 Å². The first-order chi connectivity index (χ1) is 33.6. The second-order valence-corrected chi connectivity index (χ2v) is 19.2. The zero-order valence-corrected chi connectivity index (χ0v) is 45.1. The van der Waals surface area contributed by atoms with Crippen LogP contribution in [-0.2, 0) is 23.8 Å². The van der Waals surface area contributed by atoms with Gasteiger partial charge in [-0.1, -0.05) is 234 Å². The molecule has 0 aromatic heterocycles. The van der Waals surface area contributed by atoms with Crippen LogP contribution in [0.25, 0.3) is 0 Å². The van der Waals surface area contributed by atoms with E-state index < -0.39 is 6.10 Å². The number of carbonyl (C=O) groups is 2. The molecule has 0 saturated carbocycles. The van der Waals surface area contributed by atoms with E-state index in [-0.39, 0.29) is 25.2 Å². The predicted molar refractivity (Wildman–Crippen MR) is 297 cm³/mol. The molecule has 0 saturated heterocycles. The molecule has 0 aromatic carbocycles. The third kappa shape index (κ3) is 55.7. The maximum absolute atomic E-state index is 12.9. The van der Waals surface area contributed by atoms with Crippen molar-refractivity contribution in [2.75, 3.05) is 19.8 Å². The van der Waals surface area contributed by atoms with Gasteiger partial charge in [-0.05, 0) is 116 Å². The van der Waals surface area contributed by atoms with Gasteiger partial charge in [0.05, 0.1) is 6.61 Å². The number of rotatable bonds is 53. The molecule has 0 bridgehead atoms. The SMILES string of the molecule is CC/C=C\C/C=C\C/C=C\CCCCCCCC(=O)OC(COCCCCCCCCCC/C=C\CCCCCCCC)COC(=O)CCCCCCCC/C=C\C/C=C\C/C=C\CCCCC. The number of carbonyl (C=O) groups excluding carboxylic acids is 2. The van der Waals surface area contributed by atoms with Crippen molar-refractivity contribution >= 4 is 11.9 Å². The monoisotopic (exact) mass is 947 g/mol. The summed E-state index contributed by atoms with van der Waals surface area (Å²) in [6.07, 6.45) is 77.4. The molecule has 0 amide bonds. The second kappa shape index (κ2) is 58.4. The molecule has 1 unspecified atom stereocenters. The summed E-state index contributed by atoms with van der Waals surface area (Å²) in [4.78, 5) is 25.5. The topological polar surface area (TPSA) is 61.8 Å². The molecule has 0 aliphatic heterocycles. The molecule has 392 valence electrons. The summed E-state index contributed by atoms with van der Waals surface area (Å²) in [6, 6.07) is 0. The van der Waals surface area contributed by atoms with E-state index >= 15 is 0 Å². The lowest BCUT2D eigenvalue weighted by Gasteiger charge is -2.18. The van der Waals surface area contributed by atoms with Gasteiger partial charge in [-0.2, -0.15) is 0 Å². The molecule has 5 heteroatoms. The third-order valence-corrected chi connectivity index (χ3v) is 12.4. The van der Waals surface area contributed by atoms with Crippen LogP contribution in [0, 0.1) is 0 Å². The minimum absolute atomic E-state index is 0.0676. The van der Waals surface area contributed by atoms with Gasteiger partial charge in [0.25, 0.3) is 0 Å². The normalized spacial score (nSPS) is 12.8. The van der Waals surface area contributed by atoms with Crippen molar-refractivity contribution in [3.63, 3.8) is 0 Å². The Balaban J connectivity index is 4.32. The lowest BCUT2D eigenvalue weighted by atomic mass is 10.1. The Morgan fingerprint density at radius 2 is 0.662 bits per heavy atom. The van der Waals surface area contributed by atoms with Crippen LogP contribution in [0.4, 0.5) is 0 Å². The van der Waals surface area contributed by atoms with Crippen LogP contribution in [-0.4, -0.2) is 37.9 Å². The van der Waals surface area contributed by atoms with E-state index in [1.54, 1.807) is 0 Å². The average molecular weight is 948 g/mol. The van der Waals surface area contributed by atoms with Crippen LogP contribution >= 0.6 is 0 Å². The fraction of sp³-hybridized carbons (Fsp3) is 0.746. The van der Waals surface area contributed by atoms with Crippen molar-refractivity contribution in [1.29, 1.82) is 0 Å². The van der Waals surface area contributed by atoms with E-state index in [0.717, 1.165) is 96.3 Å². The van der Waals surface area contributed by atoms with Gasteiger partial charge in [-0.25, -0.2) is 0 Å². The summed E-state index contributed by atoms with van der Waals surface area (Å²) >= 11 is 0. The molecule has 0 N–H and O–H groups in total. The van der Waals surface area contributed by atoms with Crippen LogP contribution in [0.1, 0.15) is 278 Å². The van der Waals surface area contributed by atoms with Gasteiger partial charge in [0.15, 0.2) is 6.10 Å². The van der Waals surface area contributed by atoms with Crippen molar-refractivity contribution < 1.29 is 23.8 Å². The maximum atomic E-state index is 12.9. The zero-order valence-electron chi connectivity index (χ0n) is 45.1. The fourth-order valence-electron chi connectivity index (χ4n) is 8.06. The second-order valence-electron chi connectivity index (χ2n) is 19.2. The first-order valence-corrected chi connectivity index (χ1v) is 29.1. The molecular formula is C63H110O5. The van der Waals surface area contributed by atoms with Gasteiger partial charge >= 0.3 is 11.9 Å². The van der Waals surface area contributed by atoms with Gasteiger partial charge in [-0.15, -0.1) is 0 Å². The Morgan fingerprint density at radius 3 is 1.10 bits per heavy atom. The van der Waals surface area contributed by atoms with Crippen LogP contribution in [0.5, 0.6) is 0 Å². The van der Waals surface area contributed by atoms with E-state index in [0.29, 0.717) is 19.4 Å². The van der Waals surface area contributed by atoms with Crippen molar-refractivity contribution in [1.82, 2.24) is 0 Å². The number of allylic oxidation sites excluding steroid dienone is 14. The summed E-state index contributed by atoms with van der Waals surface area (Å²) < 4.78 is 17.5. The van der Waals surface area contributed by atoms with Gasteiger partial charge < -0.3 is 14.2 Å². The summed E-state index contributed by atoms with van der Waals surface area (Å²) in [5.74, 6) is -0.428. The highest BCUT2D eigenvalue weighted by Gasteiger charge is 2.17. The average Bonchev–Trinajstić information content (AvgIpc) is 3.34. The Labute approximate surface area is 422 Å². The first kappa shape index (κ1) is 65.1. The van der Waals surface area contributed by atoms with Crippen LogP contribution < -0.4 is 0 Å². The lowest BCUT2D eigenvalue weighted by molar-refractivity contribution is -0.163. The standard InChI is InChI=1S/C63H110O5/c1-4-7-10-13-16-19-22-25-28-30-32-33-36-38-41-44-47-50-53-56-62(64)67-60-61(68-63(65)57-54-51-48-45-42-39-35-27-24-21-18-15-12-9-6-3)59-66-58-55-52-49-46-43-40-37-34-31-29-26-23-20-17-14-11-8-5-2/h9,12,16,18-19,21,25-29,32-33,35,61H,4-8,10-11,13-15,17,20,22-24,30-31,34,36-60H2,1-3H3/b12-9-,19-16-,21-18-,28-25-,29-26-,33-32-,35-27-. The molecule has 5 nitrogen and oxygen atoms in total. The minimum Gasteiger partial charge on any atom is -0.462 e. The number of esters is 2. The van der Waals surface area contributed by atoms with Gasteiger partial charge in [-0.3, -0.25) is 9.59 Å². The van der Waals surface area contributed by atoms with E-state index in [1.165, 1.54) is 148 Å². The van der Waals surface area contributed by atoms with Crippen molar-refractivity contribution in [3.8, 4) is 0 Å². The van der Waals surface area contributed by atoms with Crippen LogP contribution in [0.3, 0.4) is 0 Å². The molecule has 0 radical (unpaired) electrons. The number of unbranched alkanes of at least 4 members (excludes halogenated alkanes) is 28. The molecule has 0 heterocycles. The fourth-order valence-corrected chi connectivity index (χ4v) is 8.06. The summed E-state index contributed by atoms with van der Waals surface area (Å²) in [6.45, 7) is 7.67. The number of hydrogen-bond donors (Lipinski definition) is 0. The Kier molecular flexibility index (Phi) is 55.9. The van der Waals surface area contributed by atoms with E-state index in [4.69, 9.17) is 14.2 Å². The molecule has 68 heavy (non-hydrogen) atoms. The predicted octanol–water partition coefficient (Wildman–Crippen LogP) is 20.0. The molecule has 0 aliphatic carbocycles. The van der Waals surface area contributed by atoms with Crippen LogP contribution in [0.2, 0.25) is 0 Å². The Bertz CT molecular complexity index is 1250. The first-order valence-electron chi connectivity index (χ1n) is 29.1. The third-order valence-electron chi connectivity index (χ3n) is 12.4. The molecule has 0 fully saturated rings. The molecule has 1 atom stereocenters. The molecular weight excluding hydrogens is 837 g/mol. The van der Waals surface area contributed by atoms with Crippen LogP contribution in [0.15, 0.2) is 85.1 Å². The molecule has 0 spiro atoms. The summed E-state index contributed by atoms with van der Waals surface area (Å²) in [7, 11) is 0. The van der Waals surface area contributed by atoms with E-state index in [2.05, 4.69) is 106 Å². The van der Waals surface area contributed by atoms with Crippen molar-refractivity contribution in [2.24, 2.45) is 0 Å². The minimum atomic E-state index is -0.557. The smallest absolute Gasteiger partial charge is 0.306 e. The molecule has 0 rings (SSSR count). The number of hydrogen-bond acceptors (Lipinski definition) is 5. The summed E-state index contributed by atoms with van der Waals surface area (Å²) in [5, 5.41) is 0. The maximum Gasteiger partial charge on any atom is 0.306 e. The van der Waals surface area contributed by atoms with Crippen molar-refractivity contribution in [2.45, 2.75) is 284 Å². The lowest BCUT2D eigenvalue weighted by Crippen LogP contribution is -2.30. The molecule has 0 aliphatic rings. The highest BCUT2D eigenvalue weighted by atomic mass is 16.6. The van der Waals surface area contributed by atoms with Crippen molar-refractivity contribution in [3.05, 3.63) is 85.1 Å². The zero-order chi connectivity index (χ0) is 49.2. The van der Waals surface area contributed by atoms with Gasteiger partial charge in [0.2, 0.25) is 0 Å². The highest BCUT2D eigenvalue weighted by Crippen LogP contribution is 2.14. The molecule has 0 aromatic rings.